The van der Waals surface area contributed by atoms with Crippen LogP contribution < -0.4 is 14.8 Å². The van der Waals surface area contributed by atoms with Crippen molar-refractivity contribution >= 4 is 20.1 Å². The Morgan fingerprint density at radius 3 is 2.56 bits per heavy atom. The zero-order valence-corrected chi connectivity index (χ0v) is 21.7. The first-order valence-corrected chi connectivity index (χ1v) is 15.3. The van der Waals surface area contributed by atoms with Gasteiger partial charge in [-0.15, -0.1) is 0 Å². The molecule has 1 fully saturated rings. The van der Waals surface area contributed by atoms with Crippen LogP contribution in [0.3, 0.4) is 0 Å². The Balaban J connectivity index is 1.73. The average Bonchev–Trinajstić information content (AvgIpc) is 2.83. The number of benzene rings is 1. The summed E-state index contributed by atoms with van der Waals surface area (Å²) in [6.07, 6.45) is 3.71. The van der Waals surface area contributed by atoms with Gasteiger partial charge < -0.3 is 24.4 Å². The van der Waals surface area contributed by atoms with Gasteiger partial charge in [-0.2, -0.15) is 0 Å². The van der Waals surface area contributed by atoms with E-state index < -0.39 is 14.2 Å². The molecule has 184 valence electrons. The Kier molecular flexibility index (Phi) is 8.54. The summed E-state index contributed by atoms with van der Waals surface area (Å²) in [5.41, 5.74) is 1.50. The van der Waals surface area contributed by atoms with E-state index in [1.807, 2.05) is 17.0 Å². The maximum Gasteiger partial charge on any atom is 0.407 e. The zero-order chi connectivity index (χ0) is 24.7. The molecule has 2 atom stereocenters. The fourth-order valence-electron chi connectivity index (χ4n) is 4.04. The highest BCUT2D eigenvalue weighted by molar-refractivity contribution is 6.76. The van der Waals surface area contributed by atoms with Crippen molar-refractivity contribution in [3.8, 4) is 11.5 Å². The number of nitrogens with one attached hydrogen (secondary N) is 1. The number of hydrogen-bond acceptors (Lipinski definition) is 6. The molecule has 1 aliphatic heterocycles. The van der Waals surface area contributed by atoms with E-state index in [9.17, 15) is 9.59 Å². The summed E-state index contributed by atoms with van der Waals surface area (Å²) in [7, 11) is 1.82. The second kappa shape index (κ2) is 11.4. The van der Waals surface area contributed by atoms with Gasteiger partial charge in [-0.25, -0.2) is 4.79 Å². The monoisotopic (exact) mass is 485 g/mol. The molecule has 8 nitrogen and oxygen atoms in total. The van der Waals surface area contributed by atoms with E-state index >= 15 is 0 Å². The van der Waals surface area contributed by atoms with Crippen molar-refractivity contribution in [2.24, 2.45) is 0 Å². The summed E-state index contributed by atoms with van der Waals surface area (Å²) in [5, 5.41) is 3.04. The number of amides is 2. The molecule has 0 saturated carbocycles. The number of likely N-dealkylation sites (tertiary alicyclic amines) is 1. The van der Waals surface area contributed by atoms with Gasteiger partial charge in [-0.3, -0.25) is 9.78 Å². The minimum Gasteiger partial charge on any atom is -0.493 e. The highest BCUT2D eigenvalue weighted by Gasteiger charge is 2.34. The molecule has 34 heavy (non-hydrogen) atoms. The van der Waals surface area contributed by atoms with Crippen molar-refractivity contribution in [2.45, 2.75) is 44.1 Å². The van der Waals surface area contributed by atoms with Crippen LogP contribution in [0.2, 0.25) is 25.7 Å². The molecule has 1 aliphatic rings. The number of carbonyl (C=O) groups is 2. The molecule has 9 heteroatoms. The van der Waals surface area contributed by atoms with Gasteiger partial charge in [0.25, 0.3) is 5.91 Å². The number of hydrogen-bond donors (Lipinski definition) is 1. The third-order valence-electron chi connectivity index (χ3n) is 6.03. The quantitative estimate of drug-likeness (QED) is 0.565. The number of alkyl carbamates (subject to hydrolysis) is 1. The molecule has 0 radical (unpaired) electrons. The van der Waals surface area contributed by atoms with E-state index in [1.165, 1.54) is 0 Å². The van der Waals surface area contributed by atoms with Crippen molar-refractivity contribution in [2.75, 3.05) is 33.9 Å². The lowest BCUT2D eigenvalue weighted by molar-refractivity contribution is 0.0676. The normalized spacial score (nSPS) is 18.2. The lowest BCUT2D eigenvalue weighted by Crippen LogP contribution is -2.51. The van der Waals surface area contributed by atoms with Crippen molar-refractivity contribution < 1.29 is 23.8 Å². The highest BCUT2D eigenvalue weighted by Crippen LogP contribution is 2.31. The van der Waals surface area contributed by atoms with Gasteiger partial charge in [-0.1, -0.05) is 25.7 Å². The van der Waals surface area contributed by atoms with Crippen molar-refractivity contribution in [1.82, 2.24) is 15.2 Å². The predicted molar refractivity (Wildman–Crippen MR) is 133 cm³/mol. The molecule has 1 aromatic heterocycles. The van der Waals surface area contributed by atoms with Gasteiger partial charge in [0.15, 0.2) is 11.5 Å². The standard InChI is InChI=1S/C25H35N3O5Si/c1-31-22-9-8-18(15-23(22)32-2)24(29)28-12-10-21(20(17-28)19-7-6-11-26-16-19)27-25(30)33-13-14-34(3,4)5/h6-9,11,15-16,20-21H,10,12-14,17H2,1-5H3,(H,27,30)/t20-,21-/m1/s1. The number of nitrogens with zero attached hydrogens (tertiary/aromatic N) is 2. The first-order valence-electron chi connectivity index (χ1n) is 11.6. The van der Waals surface area contributed by atoms with Crippen LogP contribution in [0.25, 0.3) is 0 Å². The molecule has 1 aromatic carbocycles. The second-order valence-corrected chi connectivity index (χ2v) is 15.3. The fourth-order valence-corrected chi connectivity index (χ4v) is 4.75. The maximum atomic E-state index is 13.3. The first kappa shape index (κ1) is 25.5. The van der Waals surface area contributed by atoms with Crippen molar-refractivity contribution in [3.05, 3.63) is 53.9 Å². The Morgan fingerprint density at radius 1 is 1.15 bits per heavy atom. The lowest BCUT2D eigenvalue weighted by Gasteiger charge is -2.39. The topological polar surface area (TPSA) is 90.0 Å². The molecule has 0 aliphatic carbocycles. The third kappa shape index (κ3) is 6.72. The van der Waals surface area contributed by atoms with Crippen LogP contribution in [0.15, 0.2) is 42.7 Å². The van der Waals surface area contributed by atoms with Gasteiger partial charge in [0.1, 0.15) is 0 Å². The summed E-state index contributed by atoms with van der Waals surface area (Å²) >= 11 is 0. The van der Waals surface area contributed by atoms with Gasteiger partial charge in [0.05, 0.1) is 20.8 Å². The smallest absolute Gasteiger partial charge is 0.407 e. The molecule has 0 spiro atoms. The van der Waals surface area contributed by atoms with E-state index in [0.29, 0.717) is 43.2 Å². The van der Waals surface area contributed by atoms with Crippen LogP contribution in [0.4, 0.5) is 4.79 Å². The number of aromatic nitrogens is 1. The summed E-state index contributed by atoms with van der Waals surface area (Å²) in [6.45, 7) is 8.14. The molecule has 1 N–H and O–H groups in total. The minimum atomic E-state index is -1.28. The van der Waals surface area contributed by atoms with Crippen LogP contribution in [0.1, 0.15) is 28.3 Å². The second-order valence-electron chi connectivity index (χ2n) is 9.70. The van der Waals surface area contributed by atoms with E-state index in [4.69, 9.17) is 14.2 Å². The fraction of sp³-hybridized carbons (Fsp3) is 0.480. The summed E-state index contributed by atoms with van der Waals surface area (Å²) in [6, 6.07) is 9.78. The number of ether oxygens (including phenoxy) is 3. The molecule has 0 unspecified atom stereocenters. The van der Waals surface area contributed by atoms with Crippen LogP contribution >= 0.6 is 0 Å². The summed E-state index contributed by atoms with van der Waals surface area (Å²) < 4.78 is 16.1. The summed E-state index contributed by atoms with van der Waals surface area (Å²) in [5.74, 6) is 0.889. The Labute approximate surface area is 202 Å². The van der Waals surface area contributed by atoms with E-state index in [1.54, 1.807) is 44.8 Å². The van der Waals surface area contributed by atoms with Crippen molar-refractivity contribution in [3.63, 3.8) is 0 Å². The summed E-state index contributed by atoms with van der Waals surface area (Å²) in [4.78, 5) is 31.9. The molecular formula is C25H35N3O5Si. The van der Waals surface area contributed by atoms with Crippen LogP contribution in [0, 0.1) is 0 Å². The van der Waals surface area contributed by atoms with E-state index in [0.717, 1.165) is 11.6 Å². The zero-order valence-electron chi connectivity index (χ0n) is 20.7. The Morgan fingerprint density at radius 2 is 1.91 bits per heavy atom. The number of carbonyl (C=O) groups excluding carboxylic acids is 2. The maximum absolute atomic E-state index is 13.3. The third-order valence-corrected chi connectivity index (χ3v) is 7.74. The van der Waals surface area contributed by atoms with Gasteiger partial charge in [0, 0.05) is 51.1 Å². The number of pyridine rings is 1. The van der Waals surface area contributed by atoms with Crippen LogP contribution in [-0.4, -0.2) is 69.9 Å². The van der Waals surface area contributed by atoms with E-state index in [-0.39, 0.29) is 17.9 Å². The number of methoxy groups -OCH3 is 2. The molecule has 0 bridgehead atoms. The number of piperidine rings is 1. The molecule has 2 aromatic rings. The lowest BCUT2D eigenvalue weighted by atomic mass is 9.86. The minimum absolute atomic E-state index is 0.0917. The van der Waals surface area contributed by atoms with Crippen LogP contribution in [-0.2, 0) is 4.74 Å². The largest absolute Gasteiger partial charge is 0.493 e. The van der Waals surface area contributed by atoms with E-state index in [2.05, 4.69) is 29.9 Å². The highest BCUT2D eigenvalue weighted by atomic mass is 28.3. The Hall–Kier alpha value is -3.07. The Bertz CT molecular complexity index is 980. The average molecular weight is 486 g/mol. The van der Waals surface area contributed by atoms with Gasteiger partial charge in [-0.05, 0) is 42.3 Å². The van der Waals surface area contributed by atoms with Crippen LogP contribution in [0.5, 0.6) is 11.5 Å². The molecule has 2 heterocycles. The SMILES string of the molecule is COc1ccc(C(=O)N2CC[C@@H](NC(=O)OCC[Si](C)(C)C)[C@@H](c3cccnc3)C2)cc1OC. The molecule has 3 rings (SSSR count). The van der Waals surface area contributed by atoms with Gasteiger partial charge in [0.2, 0.25) is 0 Å². The van der Waals surface area contributed by atoms with Gasteiger partial charge >= 0.3 is 6.09 Å². The molecule has 1 saturated heterocycles. The first-order chi connectivity index (χ1) is 16.2. The number of rotatable bonds is 8. The molecular weight excluding hydrogens is 450 g/mol. The van der Waals surface area contributed by atoms with Crippen molar-refractivity contribution in [1.29, 1.82) is 0 Å². The predicted octanol–water partition coefficient (Wildman–Crippen LogP) is 4.16. The molecule has 2 amide bonds.